The summed E-state index contributed by atoms with van der Waals surface area (Å²) >= 11 is 0. The molecular weight excluding hydrogens is 294 g/mol. The zero-order valence-electron chi connectivity index (χ0n) is 13.0. The second-order valence-corrected chi connectivity index (χ2v) is 7.58. The number of carbonyl (C=O) groups excluding carboxylic acids is 1. The summed E-state index contributed by atoms with van der Waals surface area (Å²) < 4.78 is 0. The summed E-state index contributed by atoms with van der Waals surface area (Å²) in [7, 11) is 0. The Morgan fingerprint density at radius 3 is 2.30 bits per heavy atom. The number of nitrogens with zero attached hydrogens (tertiary/aromatic N) is 1. The van der Waals surface area contributed by atoms with Gasteiger partial charge in [-0.1, -0.05) is 6.07 Å². The van der Waals surface area contributed by atoms with Gasteiger partial charge in [0.15, 0.2) is 0 Å². The summed E-state index contributed by atoms with van der Waals surface area (Å²) in [4.78, 5) is 22.7. The third-order valence-electron chi connectivity index (χ3n) is 5.73. The number of hydrogen-bond acceptors (Lipinski definition) is 3. The number of rotatable bonds is 3. The molecule has 23 heavy (non-hydrogen) atoms. The Labute approximate surface area is 134 Å². The maximum absolute atomic E-state index is 12.4. The van der Waals surface area contributed by atoms with E-state index in [9.17, 15) is 14.9 Å². The molecule has 2 N–H and O–H groups in total. The SMILES string of the molecule is O=C(Nc1cccc([N+](=O)[O-])c1)NC12CC3CC(CC(C3)C1)C2. The van der Waals surface area contributed by atoms with Crippen LogP contribution < -0.4 is 10.6 Å². The van der Waals surface area contributed by atoms with Crippen molar-refractivity contribution < 1.29 is 9.72 Å². The first-order chi connectivity index (χ1) is 11.0. The molecule has 0 saturated heterocycles. The summed E-state index contributed by atoms with van der Waals surface area (Å²) in [5.74, 6) is 2.29. The molecule has 5 rings (SSSR count). The minimum Gasteiger partial charge on any atom is -0.332 e. The van der Waals surface area contributed by atoms with Crippen molar-refractivity contribution in [2.45, 2.75) is 44.1 Å². The van der Waals surface area contributed by atoms with Crippen LogP contribution in [0.2, 0.25) is 0 Å². The molecule has 0 heterocycles. The zero-order valence-corrected chi connectivity index (χ0v) is 13.0. The number of nitrogens with one attached hydrogen (secondary N) is 2. The number of benzene rings is 1. The molecule has 4 aliphatic rings. The van der Waals surface area contributed by atoms with Crippen LogP contribution in [0.5, 0.6) is 0 Å². The highest BCUT2D eigenvalue weighted by Crippen LogP contribution is 2.55. The van der Waals surface area contributed by atoms with Gasteiger partial charge in [0.05, 0.1) is 4.92 Å². The third-order valence-corrected chi connectivity index (χ3v) is 5.73. The van der Waals surface area contributed by atoms with E-state index in [4.69, 9.17) is 0 Å². The summed E-state index contributed by atoms with van der Waals surface area (Å²) in [5.41, 5.74) is 0.388. The van der Waals surface area contributed by atoms with Gasteiger partial charge in [0.25, 0.3) is 5.69 Å². The van der Waals surface area contributed by atoms with Gasteiger partial charge < -0.3 is 10.6 Å². The van der Waals surface area contributed by atoms with Crippen molar-refractivity contribution in [1.82, 2.24) is 5.32 Å². The fraction of sp³-hybridized carbons (Fsp3) is 0.588. The average molecular weight is 315 g/mol. The molecule has 1 aromatic rings. The normalized spacial score (nSPS) is 34.2. The maximum Gasteiger partial charge on any atom is 0.319 e. The summed E-state index contributed by atoms with van der Waals surface area (Å²) in [5, 5.41) is 16.8. The molecule has 0 spiro atoms. The van der Waals surface area contributed by atoms with Crippen LogP contribution in [0.3, 0.4) is 0 Å². The lowest BCUT2D eigenvalue weighted by Crippen LogP contribution is -2.60. The van der Waals surface area contributed by atoms with Gasteiger partial charge in [-0.15, -0.1) is 0 Å². The zero-order chi connectivity index (χ0) is 16.0. The third kappa shape index (κ3) is 2.78. The van der Waals surface area contributed by atoms with E-state index in [1.54, 1.807) is 12.1 Å². The molecule has 0 unspecified atom stereocenters. The number of carbonyl (C=O) groups is 1. The van der Waals surface area contributed by atoms with Crippen LogP contribution in [-0.4, -0.2) is 16.5 Å². The molecule has 122 valence electrons. The maximum atomic E-state index is 12.4. The molecule has 4 saturated carbocycles. The van der Waals surface area contributed by atoms with Gasteiger partial charge in [-0.25, -0.2) is 4.79 Å². The number of nitro groups is 1. The number of anilines is 1. The number of non-ortho nitro benzene ring substituents is 1. The van der Waals surface area contributed by atoms with Crippen molar-refractivity contribution in [3.8, 4) is 0 Å². The van der Waals surface area contributed by atoms with Gasteiger partial charge in [-0.05, 0) is 62.3 Å². The van der Waals surface area contributed by atoms with Crippen LogP contribution in [0, 0.1) is 27.9 Å². The number of urea groups is 1. The van der Waals surface area contributed by atoms with E-state index in [2.05, 4.69) is 10.6 Å². The van der Waals surface area contributed by atoms with Gasteiger partial charge in [0.2, 0.25) is 0 Å². The van der Waals surface area contributed by atoms with E-state index in [1.807, 2.05) is 0 Å². The van der Waals surface area contributed by atoms with Crippen molar-refractivity contribution in [2.75, 3.05) is 5.32 Å². The molecule has 1 aromatic carbocycles. The van der Waals surface area contributed by atoms with E-state index in [-0.39, 0.29) is 17.3 Å². The number of nitro benzene ring substituents is 1. The van der Waals surface area contributed by atoms with Crippen molar-refractivity contribution in [1.29, 1.82) is 0 Å². The second kappa shape index (κ2) is 5.22. The first-order valence-corrected chi connectivity index (χ1v) is 8.35. The molecular formula is C17H21N3O3. The molecule has 4 bridgehead atoms. The highest BCUT2D eigenvalue weighted by molar-refractivity contribution is 5.90. The Balaban J connectivity index is 1.44. The molecule has 0 radical (unpaired) electrons. The van der Waals surface area contributed by atoms with Crippen LogP contribution in [0.15, 0.2) is 24.3 Å². The van der Waals surface area contributed by atoms with Crippen molar-refractivity contribution in [3.63, 3.8) is 0 Å². The van der Waals surface area contributed by atoms with Crippen LogP contribution in [0.1, 0.15) is 38.5 Å². The Morgan fingerprint density at radius 1 is 1.13 bits per heavy atom. The predicted molar refractivity (Wildman–Crippen MR) is 86.2 cm³/mol. The monoisotopic (exact) mass is 315 g/mol. The number of amides is 2. The second-order valence-electron chi connectivity index (χ2n) is 7.58. The lowest BCUT2D eigenvalue weighted by molar-refractivity contribution is -0.384. The summed E-state index contributed by atoms with van der Waals surface area (Å²) in [6.45, 7) is 0. The van der Waals surface area contributed by atoms with Crippen molar-refractivity contribution in [3.05, 3.63) is 34.4 Å². The van der Waals surface area contributed by atoms with Gasteiger partial charge in [0, 0.05) is 23.4 Å². The predicted octanol–water partition coefficient (Wildman–Crippen LogP) is 3.69. The number of hydrogen-bond donors (Lipinski definition) is 2. The first-order valence-electron chi connectivity index (χ1n) is 8.35. The van der Waals surface area contributed by atoms with Gasteiger partial charge in [-0.3, -0.25) is 10.1 Å². The molecule has 6 nitrogen and oxygen atoms in total. The molecule has 0 aliphatic heterocycles. The highest BCUT2D eigenvalue weighted by atomic mass is 16.6. The van der Waals surface area contributed by atoms with E-state index >= 15 is 0 Å². The van der Waals surface area contributed by atoms with Crippen molar-refractivity contribution >= 4 is 17.4 Å². The Morgan fingerprint density at radius 2 is 1.74 bits per heavy atom. The van der Waals surface area contributed by atoms with Crippen LogP contribution in [-0.2, 0) is 0 Å². The largest absolute Gasteiger partial charge is 0.332 e. The van der Waals surface area contributed by atoms with Gasteiger partial charge in [-0.2, -0.15) is 0 Å². The summed E-state index contributed by atoms with van der Waals surface area (Å²) in [6, 6.07) is 5.82. The fourth-order valence-electron chi connectivity index (χ4n) is 5.36. The molecule has 6 heteroatoms. The van der Waals surface area contributed by atoms with Crippen LogP contribution in [0.4, 0.5) is 16.2 Å². The lowest BCUT2D eigenvalue weighted by atomic mass is 9.53. The van der Waals surface area contributed by atoms with E-state index in [1.165, 1.54) is 31.4 Å². The Kier molecular flexibility index (Phi) is 3.28. The van der Waals surface area contributed by atoms with E-state index in [0.29, 0.717) is 5.69 Å². The molecule has 0 aromatic heterocycles. The Bertz CT molecular complexity index is 623. The first kappa shape index (κ1) is 14.5. The minimum absolute atomic E-state index is 0.0161. The quantitative estimate of drug-likeness (QED) is 0.659. The van der Waals surface area contributed by atoms with Crippen LogP contribution in [0.25, 0.3) is 0 Å². The fourth-order valence-corrected chi connectivity index (χ4v) is 5.36. The lowest BCUT2D eigenvalue weighted by Gasteiger charge is -2.56. The van der Waals surface area contributed by atoms with Gasteiger partial charge in [0.1, 0.15) is 0 Å². The Hall–Kier alpha value is -2.11. The molecule has 0 atom stereocenters. The van der Waals surface area contributed by atoms with E-state index in [0.717, 1.165) is 37.0 Å². The van der Waals surface area contributed by atoms with E-state index < -0.39 is 4.92 Å². The molecule has 4 aliphatic carbocycles. The highest BCUT2D eigenvalue weighted by Gasteiger charge is 2.51. The van der Waals surface area contributed by atoms with Crippen molar-refractivity contribution in [2.24, 2.45) is 17.8 Å². The minimum atomic E-state index is -0.456. The smallest absolute Gasteiger partial charge is 0.319 e. The molecule has 2 amide bonds. The average Bonchev–Trinajstić information content (AvgIpc) is 2.45. The topological polar surface area (TPSA) is 84.3 Å². The molecule has 4 fully saturated rings. The standard InChI is InChI=1S/C17H21N3O3/c21-16(18-14-2-1-3-15(7-14)20(22)23)19-17-8-11-4-12(9-17)6-13(5-11)10-17/h1-3,7,11-13H,4-6,8-10H2,(H2,18,19,21). The van der Waals surface area contributed by atoms with Crippen LogP contribution >= 0.6 is 0 Å². The summed E-state index contributed by atoms with van der Waals surface area (Å²) in [6.07, 6.45) is 7.23. The van der Waals surface area contributed by atoms with Gasteiger partial charge >= 0.3 is 6.03 Å².